The number of anilines is 1. The van der Waals surface area contributed by atoms with Gasteiger partial charge in [0.2, 0.25) is 0 Å². The summed E-state index contributed by atoms with van der Waals surface area (Å²) in [6.07, 6.45) is 3.87. The number of amides is 1. The average molecular weight is 402 g/mol. The SMILES string of the molecule is CCCNc1nc(SCC)nc2c1cnn2CCNC(=O)c1ccc(=O)oc1. The summed E-state index contributed by atoms with van der Waals surface area (Å²) in [5.41, 5.74) is 0.525. The normalized spacial score (nSPS) is 10.9. The number of rotatable bonds is 9. The van der Waals surface area contributed by atoms with Crippen molar-refractivity contribution in [3.8, 4) is 0 Å². The van der Waals surface area contributed by atoms with Gasteiger partial charge in [-0.25, -0.2) is 19.4 Å². The molecule has 0 aliphatic carbocycles. The molecule has 0 saturated heterocycles. The first-order chi connectivity index (χ1) is 13.6. The lowest BCUT2D eigenvalue weighted by Gasteiger charge is -2.09. The minimum Gasteiger partial charge on any atom is -0.430 e. The molecule has 0 spiro atoms. The van der Waals surface area contributed by atoms with Crippen LogP contribution in [0.25, 0.3) is 11.0 Å². The Morgan fingerprint density at radius 2 is 2.11 bits per heavy atom. The van der Waals surface area contributed by atoms with Gasteiger partial charge in [-0.1, -0.05) is 25.6 Å². The summed E-state index contributed by atoms with van der Waals surface area (Å²) in [7, 11) is 0. The van der Waals surface area contributed by atoms with Gasteiger partial charge in [0.1, 0.15) is 12.1 Å². The maximum Gasteiger partial charge on any atom is 0.335 e. The van der Waals surface area contributed by atoms with Gasteiger partial charge in [0.15, 0.2) is 10.8 Å². The Labute approximate surface area is 165 Å². The molecular weight excluding hydrogens is 380 g/mol. The molecule has 3 rings (SSSR count). The second-order valence-electron chi connectivity index (χ2n) is 5.92. The molecule has 0 bridgehead atoms. The molecule has 3 aromatic heterocycles. The van der Waals surface area contributed by atoms with Crippen molar-refractivity contribution in [2.45, 2.75) is 32.0 Å². The fraction of sp³-hybridized carbons (Fsp3) is 0.389. The van der Waals surface area contributed by atoms with Gasteiger partial charge in [-0.2, -0.15) is 5.10 Å². The van der Waals surface area contributed by atoms with Crippen LogP contribution in [0.3, 0.4) is 0 Å². The van der Waals surface area contributed by atoms with Gasteiger partial charge in [-0.15, -0.1) is 0 Å². The zero-order valence-electron chi connectivity index (χ0n) is 15.8. The monoisotopic (exact) mass is 402 g/mol. The third-order valence-corrected chi connectivity index (χ3v) is 4.59. The van der Waals surface area contributed by atoms with Crippen molar-refractivity contribution >= 4 is 34.5 Å². The van der Waals surface area contributed by atoms with E-state index in [4.69, 9.17) is 4.42 Å². The van der Waals surface area contributed by atoms with E-state index in [1.54, 1.807) is 22.6 Å². The van der Waals surface area contributed by atoms with Crippen LogP contribution < -0.4 is 16.3 Å². The quantitative estimate of drug-likeness (QED) is 0.413. The second kappa shape index (κ2) is 9.36. The number of fused-ring (bicyclic) bond motifs is 1. The van der Waals surface area contributed by atoms with Crippen molar-refractivity contribution in [2.24, 2.45) is 0 Å². The van der Waals surface area contributed by atoms with E-state index in [1.165, 1.54) is 12.1 Å². The second-order valence-corrected chi connectivity index (χ2v) is 7.15. The van der Waals surface area contributed by atoms with Gasteiger partial charge < -0.3 is 15.1 Å². The number of carbonyl (C=O) groups is 1. The predicted octanol–water partition coefficient (Wildman–Crippen LogP) is 2.14. The number of nitrogens with one attached hydrogen (secondary N) is 2. The minimum atomic E-state index is -0.493. The summed E-state index contributed by atoms with van der Waals surface area (Å²) in [6.45, 7) is 5.77. The van der Waals surface area contributed by atoms with Gasteiger partial charge >= 0.3 is 5.63 Å². The van der Waals surface area contributed by atoms with Crippen LogP contribution in [0, 0.1) is 0 Å². The molecule has 0 aromatic carbocycles. The van der Waals surface area contributed by atoms with Gasteiger partial charge in [-0.05, 0) is 18.2 Å². The van der Waals surface area contributed by atoms with Crippen molar-refractivity contribution < 1.29 is 9.21 Å². The number of hydrogen-bond donors (Lipinski definition) is 2. The first-order valence-corrected chi connectivity index (χ1v) is 10.1. The van der Waals surface area contributed by atoms with Crippen LogP contribution in [0.15, 0.2) is 39.0 Å². The fourth-order valence-corrected chi connectivity index (χ4v) is 3.10. The molecule has 3 aromatic rings. The minimum absolute atomic E-state index is 0.292. The van der Waals surface area contributed by atoms with Crippen LogP contribution in [0.2, 0.25) is 0 Å². The van der Waals surface area contributed by atoms with E-state index in [1.807, 2.05) is 0 Å². The molecule has 148 valence electrons. The standard InChI is InChI=1S/C18H22N6O3S/c1-3-7-19-15-13-10-21-24(16(13)23-18(22-15)28-4-2)9-8-20-17(26)12-5-6-14(25)27-11-12/h5-6,10-11H,3-4,7-9H2,1-2H3,(H,20,26)(H,19,22,23). The zero-order valence-corrected chi connectivity index (χ0v) is 16.6. The molecule has 3 heterocycles. The Kier molecular flexibility index (Phi) is 6.64. The summed E-state index contributed by atoms with van der Waals surface area (Å²) in [4.78, 5) is 32.3. The average Bonchev–Trinajstić information content (AvgIpc) is 3.10. The predicted molar refractivity (Wildman–Crippen MR) is 108 cm³/mol. The van der Waals surface area contributed by atoms with E-state index in [2.05, 4.69) is 39.5 Å². The summed E-state index contributed by atoms with van der Waals surface area (Å²) in [6, 6.07) is 2.64. The van der Waals surface area contributed by atoms with Crippen LogP contribution in [0.1, 0.15) is 30.6 Å². The Bertz CT molecular complexity index is 996. The summed E-state index contributed by atoms with van der Waals surface area (Å²) in [5, 5.41) is 12.1. The lowest BCUT2D eigenvalue weighted by Crippen LogP contribution is -2.27. The first-order valence-electron chi connectivity index (χ1n) is 9.09. The highest BCUT2D eigenvalue weighted by molar-refractivity contribution is 7.99. The van der Waals surface area contributed by atoms with Crippen LogP contribution >= 0.6 is 11.8 Å². The van der Waals surface area contributed by atoms with Gasteiger partial charge in [0, 0.05) is 19.2 Å². The smallest absolute Gasteiger partial charge is 0.335 e. The molecule has 2 N–H and O–H groups in total. The van der Waals surface area contributed by atoms with E-state index in [9.17, 15) is 9.59 Å². The molecular formula is C18H22N6O3S. The molecule has 0 unspecified atom stereocenters. The molecule has 0 atom stereocenters. The van der Waals surface area contributed by atoms with Crippen molar-refractivity contribution in [3.05, 3.63) is 40.6 Å². The zero-order chi connectivity index (χ0) is 19.9. The fourth-order valence-electron chi connectivity index (χ4n) is 2.54. The van der Waals surface area contributed by atoms with Crippen molar-refractivity contribution in [2.75, 3.05) is 24.2 Å². The first kappa shape index (κ1) is 19.9. The Balaban J connectivity index is 1.73. The van der Waals surface area contributed by atoms with E-state index >= 15 is 0 Å². The Hall–Kier alpha value is -2.88. The van der Waals surface area contributed by atoms with Crippen LogP contribution in [0.4, 0.5) is 5.82 Å². The topological polar surface area (TPSA) is 115 Å². The molecule has 10 heteroatoms. The van der Waals surface area contributed by atoms with Crippen molar-refractivity contribution in [1.29, 1.82) is 0 Å². The molecule has 0 radical (unpaired) electrons. The van der Waals surface area contributed by atoms with E-state index in [0.717, 1.165) is 41.8 Å². The number of hydrogen-bond acceptors (Lipinski definition) is 8. The Morgan fingerprint density at radius 3 is 2.82 bits per heavy atom. The number of carbonyl (C=O) groups excluding carboxylic acids is 1. The highest BCUT2D eigenvalue weighted by atomic mass is 32.2. The molecule has 1 amide bonds. The summed E-state index contributed by atoms with van der Waals surface area (Å²) < 4.78 is 6.46. The molecule has 9 nitrogen and oxygen atoms in total. The van der Waals surface area contributed by atoms with Gasteiger partial charge in [0.25, 0.3) is 5.91 Å². The van der Waals surface area contributed by atoms with Gasteiger partial charge in [0.05, 0.1) is 23.7 Å². The van der Waals surface area contributed by atoms with Crippen LogP contribution in [-0.4, -0.2) is 44.5 Å². The van der Waals surface area contributed by atoms with Gasteiger partial charge in [-0.3, -0.25) is 4.79 Å². The third kappa shape index (κ3) is 4.69. The maximum absolute atomic E-state index is 12.1. The number of aromatic nitrogens is 4. The van der Waals surface area contributed by atoms with Crippen LogP contribution in [0.5, 0.6) is 0 Å². The lowest BCUT2D eigenvalue weighted by atomic mass is 10.3. The Morgan fingerprint density at radius 1 is 1.25 bits per heavy atom. The number of nitrogens with zero attached hydrogens (tertiary/aromatic N) is 4. The largest absolute Gasteiger partial charge is 0.430 e. The van der Waals surface area contributed by atoms with Crippen LogP contribution in [-0.2, 0) is 6.54 Å². The molecule has 28 heavy (non-hydrogen) atoms. The highest BCUT2D eigenvalue weighted by Crippen LogP contribution is 2.24. The lowest BCUT2D eigenvalue weighted by molar-refractivity contribution is 0.0949. The molecule has 0 aliphatic heterocycles. The molecule has 0 fully saturated rings. The van der Waals surface area contributed by atoms with E-state index in [-0.39, 0.29) is 5.91 Å². The summed E-state index contributed by atoms with van der Waals surface area (Å²) in [5.74, 6) is 1.33. The third-order valence-electron chi connectivity index (χ3n) is 3.86. The molecule has 0 aliphatic rings. The van der Waals surface area contributed by atoms with Crippen molar-refractivity contribution in [1.82, 2.24) is 25.1 Å². The number of thioether (sulfide) groups is 1. The summed E-state index contributed by atoms with van der Waals surface area (Å²) >= 11 is 1.57. The van der Waals surface area contributed by atoms with E-state index in [0.29, 0.717) is 23.8 Å². The van der Waals surface area contributed by atoms with E-state index < -0.39 is 5.63 Å². The maximum atomic E-state index is 12.1. The van der Waals surface area contributed by atoms with Crippen molar-refractivity contribution in [3.63, 3.8) is 0 Å². The molecule has 0 saturated carbocycles. The highest BCUT2D eigenvalue weighted by Gasteiger charge is 2.13.